The highest BCUT2D eigenvalue weighted by Crippen LogP contribution is 2.20. The minimum atomic E-state index is -0.938. The van der Waals surface area contributed by atoms with Crippen molar-refractivity contribution in [2.45, 2.75) is 19.5 Å². The Kier molecular flexibility index (Phi) is 4.39. The highest BCUT2D eigenvalue weighted by Gasteiger charge is 2.14. The Balaban J connectivity index is 2.10. The molecule has 5 heteroatoms. The Morgan fingerprint density at radius 2 is 1.75 bits per heavy atom. The smallest absolute Gasteiger partial charge is 0.163 e. The lowest BCUT2D eigenvalue weighted by Crippen LogP contribution is -2.20. The first-order valence-corrected chi connectivity index (χ1v) is 6.10. The molecule has 0 radical (unpaired) electrons. The third-order valence-electron chi connectivity index (χ3n) is 3.05. The molecular formula is C15H13F4N. The van der Waals surface area contributed by atoms with Crippen molar-refractivity contribution < 1.29 is 17.6 Å². The van der Waals surface area contributed by atoms with Crippen LogP contribution in [0.3, 0.4) is 0 Å². The molecule has 0 heterocycles. The van der Waals surface area contributed by atoms with Crippen molar-refractivity contribution in [1.82, 2.24) is 5.32 Å². The summed E-state index contributed by atoms with van der Waals surface area (Å²) in [7, 11) is 0. The van der Waals surface area contributed by atoms with E-state index in [1.807, 2.05) is 0 Å². The van der Waals surface area contributed by atoms with E-state index in [1.54, 1.807) is 6.92 Å². The quantitative estimate of drug-likeness (QED) is 0.833. The van der Waals surface area contributed by atoms with Crippen LogP contribution in [0.5, 0.6) is 0 Å². The molecule has 1 atom stereocenters. The summed E-state index contributed by atoms with van der Waals surface area (Å²) < 4.78 is 53.1. The van der Waals surface area contributed by atoms with E-state index < -0.39 is 29.3 Å². The molecule has 0 aliphatic heterocycles. The van der Waals surface area contributed by atoms with Crippen LogP contribution in [0.15, 0.2) is 36.4 Å². The fourth-order valence-corrected chi connectivity index (χ4v) is 1.91. The van der Waals surface area contributed by atoms with Gasteiger partial charge < -0.3 is 5.32 Å². The van der Waals surface area contributed by atoms with Crippen LogP contribution in [0.1, 0.15) is 24.1 Å². The van der Waals surface area contributed by atoms with Gasteiger partial charge in [-0.1, -0.05) is 12.1 Å². The SMILES string of the molecule is CC(NCc1cc(F)ccc1F)c1cccc(F)c1F. The maximum absolute atomic E-state index is 13.6. The summed E-state index contributed by atoms with van der Waals surface area (Å²) in [4.78, 5) is 0. The average molecular weight is 283 g/mol. The predicted molar refractivity (Wildman–Crippen MR) is 68.0 cm³/mol. The number of nitrogens with one attached hydrogen (secondary N) is 1. The fraction of sp³-hybridized carbons (Fsp3) is 0.200. The van der Waals surface area contributed by atoms with Gasteiger partial charge in [-0.2, -0.15) is 0 Å². The van der Waals surface area contributed by atoms with Crippen LogP contribution in [-0.2, 0) is 6.54 Å². The van der Waals surface area contributed by atoms with Gasteiger partial charge in [-0.25, -0.2) is 17.6 Å². The lowest BCUT2D eigenvalue weighted by Gasteiger charge is -2.15. The van der Waals surface area contributed by atoms with Crippen LogP contribution >= 0.6 is 0 Å². The van der Waals surface area contributed by atoms with Crippen molar-refractivity contribution in [1.29, 1.82) is 0 Å². The van der Waals surface area contributed by atoms with Crippen molar-refractivity contribution in [3.05, 3.63) is 70.8 Å². The van der Waals surface area contributed by atoms with Gasteiger partial charge in [0.05, 0.1) is 0 Å². The van der Waals surface area contributed by atoms with Crippen molar-refractivity contribution in [3.63, 3.8) is 0 Å². The van der Waals surface area contributed by atoms with Gasteiger partial charge in [0.25, 0.3) is 0 Å². The molecule has 0 fully saturated rings. The van der Waals surface area contributed by atoms with Crippen molar-refractivity contribution in [2.75, 3.05) is 0 Å². The van der Waals surface area contributed by atoms with Crippen molar-refractivity contribution >= 4 is 0 Å². The standard InChI is InChI=1S/C15H13F4N/c1-9(12-3-2-4-14(18)15(12)19)20-8-10-7-11(16)5-6-13(10)17/h2-7,9,20H,8H2,1H3. The summed E-state index contributed by atoms with van der Waals surface area (Å²) in [5, 5.41) is 2.84. The lowest BCUT2D eigenvalue weighted by atomic mass is 10.1. The van der Waals surface area contributed by atoms with E-state index in [0.717, 1.165) is 24.3 Å². The Morgan fingerprint density at radius 1 is 1.00 bits per heavy atom. The van der Waals surface area contributed by atoms with Gasteiger partial charge in [-0.15, -0.1) is 0 Å². The van der Waals surface area contributed by atoms with E-state index in [9.17, 15) is 17.6 Å². The van der Waals surface area contributed by atoms with Gasteiger partial charge in [-0.05, 0) is 31.2 Å². The minimum absolute atomic E-state index is 0.0146. The Labute approximate surface area is 114 Å². The number of halogens is 4. The molecule has 0 aliphatic carbocycles. The molecule has 20 heavy (non-hydrogen) atoms. The molecule has 2 aromatic carbocycles. The highest BCUT2D eigenvalue weighted by atomic mass is 19.2. The minimum Gasteiger partial charge on any atom is -0.306 e. The summed E-state index contributed by atoms with van der Waals surface area (Å²) in [5.41, 5.74) is 0.274. The fourth-order valence-electron chi connectivity index (χ4n) is 1.91. The molecule has 1 unspecified atom stereocenters. The zero-order valence-electron chi connectivity index (χ0n) is 10.8. The van der Waals surface area contributed by atoms with E-state index >= 15 is 0 Å². The first kappa shape index (κ1) is 14.5. The zero-order chi connectivity index (χ0) is 14.7. The molecule has 2 aromatic rings. The van der Waals surface area contributed by atoms with Crippen LogP contribution < -0.4 is 5.32 Å². The van der Waals surface area contributed by atoms with Crippen LogP contribution in [0.25, 0.3) is 0 Å². The second-order valence-corrected chi connectivity index (χ2v) is 4.48. The molecule has 1 nitrogen and oxygen atoms in total. The topological polar surface area (TPSA) is 12.0 Å². The molecule has 2 rings (SSSR count). The third kappa shape index (κ3) is 3.17. The predicted octanol–water partition coefficient (Wildman–Crippen LogP) is 4.09. The third-order valence-corrected chi connectivity index (χ3v) is 3.05. The van der Waals surface area contributed by atoms with Crippen LogP contribution in [0, 0.1) is 23.3 Å². The molecule has 0 bridgehead atoms. The first-order chi connectivity index (χ1) is 9.49. The highest BCUT2D eigenvalue weighted by molar-refractivity contribution is 5.23. The molecular weight excluding hydrogens is 270 g/mol. The van der Waals surface area contributed by atoms with E-state index in [0.29, 0.717) is 0 Å². The molecule has 106 valence electrons. The second-order valence-electron chi connectivity index (χ2n) is 4.48. The maximum atomic E-state index is 13.6. The number of hydrogen-bond donors (Lipinski definition) is 1. The van der Waals surface area contributed by atoms with Crippen LogP contribution in [-0.4, -0.2) is 0 Å². The second kappa shape index (κ2) is 6.05. The molecule has 0 saturated heterocycles. The van der Waals surface area contributed by atoms with Gasteiger partial charge in [0.1, 0.15) is 11.6 Å². The van der Waals surface area contributed by atoms with E-state index in [-0.39, 0.29) is 17.7 Å². The largest absolute Gasteiger partial charge is 0.306 e. The van der Waals surface area contributed by atoms with Crippen molar-refractivity contribution in [3.8, 4) is 0 Å². The molecule has 0 amide bonds. The zero-order valence-corrected chi connectivity index (χ0v) is 10.8. The van der Waals surface area contributed by atoms with Crippen LogP contribution in [0.2, 0.25) is 0 Å². The van der Waals surface area contributed by atoms with E-state index in [2.05, 4.69) is 5.32 Å². The summed E-state index contributed by atoms with van der Waals surface area (Å²) >= 11 is 0. The summed E-state index contributed by atoms with van der Waals surface area (Å²) in [6.45, 7) is 1.63. The average Bonchev–Trinajstić information content (AvgIpc) is 2.42. The van der Waals surface area contributed by atoms with Crippen LogP contribution in [0.4, 0.5) is 17.6 Å². The summed E-state index contributed by atoms with van der Waals surface area (Å²) in [6, 6.07) is 6.45. The maximum Gasteiger partial charge on any atom is 0.163 e. The van der Waals surface area contributed by atoms with Gasteiger partial charge in [-0.3, -0.25) is 0 Å². The monoisotopic (exact) mass is 283 g/mol. The van der Waals surface area contributed by atoms with Gasteiger partial charge in [0, 0.05) is 23.7 Å². The molecule has 0 spiro atoms. The summed E-state index contributed by atoms with van der Waals surface area (Å²) in [6.07, 6.45) is 0. The van der Waals surface area contributed by atoms with E-state index in [1.165, 1.54) is 12.1 Å². The molecule has 1 N–H and O–H groups in total. The van der Waals surface area contributed by atoms with Gasteiger partial charge in [0.15, 0.2) is 11.6 Å². The number of benzene rings is 2. The van der Waals surface area contributed by atoms with Crippen molar-refractivity contribution in [2.24, 2.45) is 0 Å². The summed E-state index contributed by atoms with van der Waals surface area (Å²) in [5.74, 6) is -2.97. The molecule has 0 aromatic heterocycles. The molecule has 0 saturated carbocycles. The molecule has 0 aliphatic rings. The van der Waals surface area contributed by atoms with Gasteiger partial charge in [0.2, 0.25) is 0 Å². The van der Waals surface area contributed by atoms with Gasteiger partial charge >= 0.3 is 0 Å². The first-order valence-electron chi connectivity index (χ1n) is 6.10. The van der Waals surface area contributed by atoms with E-state index in [4.69, 9.17) is 0 Å². The number of rotatable bonds is 4. The number of hydrogen-bond acceptors (Lipinski definition) is 1. The normalized spacial score (nSPS) is 12.4. The Bertz CT molecular complexity index is 613. The Hall–Kier alpha value is -1.88. The Morgan fingerprint density at radius 3 is 2.50 bits per heavy atom. The lowest BCUT2D eigenvalue weighted by molar-refractivity contribution is 0.469.